The van der Waals surface area contributed by atoms with Gasteiger partial charge in [0.05, 0.1) is 0 Å². The number of halogens is 3. The summed E-state index contributed by atoms with van der Waals surface area (Å²) in [4.78, 5) is 14.3. The summed E-state index contributed by atoms with van der Waals surface area (Å²) in [6, 6.07) is 5.69. The molecule has 2 fully saturated rings. The molecule has 0 spiro atoms. The van der Waals surface area contributed by atoms with E-state index in [0.29, 0.717) is 30.6 Å². The molecule has 2 heterocycles. The minimum atomic E-state index is -4.72. The van der Waals surface area contributed by atoms with Crippen molar-refractivity contribution in [2.45, 2.75) is 38.1 Å². The lowest BCUT2D eigenvalue weighted by molar-refractivity contribution is -0.274. The minimum absolute atomic E-state index is 0.133. The molecule has 2 saturated heterocycles. The minimum Gasteiger partial charge on any atom is -0.406 e. The quantitative estimate of drug-likeness (QED) is 0.917. The maximum absolute atomic E-state index is 12.5. The summed E-state index contributed by atoms with van der Waals surface area (Å²) in [6.07, 6.45) is -0.353. The smallest absolute Gasteiger partial charge is 0.406 e. The first-order valence-electron chi connectivity index (χ1n) is 8.31. The van der Waals surface area contributed by atoms with Crippen molar-refractivity contribution in [2.75, 3.05) is 19.6 Å². The van der Waals surface area contributed by atoms with Gasteiger partial charge in [-0.1, -0.05) is 0 Å². The molecule has 24 heavy (non-hydrogen) atoms. The second-order valence-electron chi connectivity index (χ2n) is 6.40. The highest BCUT2D eigenvalue weighted by Crippen LogP contribution is 2.27. The van der Waals surface area contributed by atoms with Crippen LogP contribution in [-0.4, -0.2) is 42.8 Å². The van der Waals surface area contributed by atoms with Crippen molar-refractivity contribution < 1.29 is 22.7 Å². The van der Waals surface area contributed by atoms with E-state index in [9.17, 15) is 18.0 Å². The summed E-state index contributed by atoms with van der Waals surface area (Å²) in [6.45, 7) is 2.47. The summed E-state index contributed by atoms with van der Waals surface area (Å²) in [5.41, 5.74) is 0.391. The van der Waals surface area contributed by atoms with Gasteiger partial charge in [-0.15, -0.1) is 13.2 Å². The molecule has 1 atom stereocenters. The van der Waals surface area contributed by atoms with Gasteiger partial charge in [-0.3, -0.25) is 4.79 Å². The highest BCUT2D eigenvalue weighted by Gasteiger charge is 2.32. The second kappa shape index (κ2) is 7.01. The van der Waals surface area contributed by atoms with Crippen molar-refractivity contribution in [2.24, 2.45) is 5.92 Å². The third-order valence-electron chi connectivity index (χ3n) is 4.83. The Bertz CT molecular complexity index is 560. The number of carbonyl (C=O) groups excluding carboxylic acids is 1. The third kappa shape index (κ3) is 4.20. The Labute approximate surface area is 139 Å². The number of amides is 1. The number of piperidine rings is 1. The van der Waals surface area contributed by atoms with Crippen LogP contribution in [0.25, 0.3) is 0 Å². The van der Waals surface area contributed by atoms with Gasteiger partial charge in [0.25, 0.3) is 5.91 Å². The van der Waals surface area contributed by atoms with Crippen LogP contribution in [0.2, 0.25) is 0 Å². The number of carbonyl (C=O) groups is 1. The number of alkyl halides is 3. The number of likely N-dealkylation sites (tertiary alicyclic amines) is 1. The molecule has 0 radical (unpaired) electrons. The van der Waals surface area contributed by atoms with Gasteiger partial charge in [0.1, 0.15) is 5.75 Å². The highest BCUT2D eigenvalue weighted by atomic mass is 19.4. The zero-order valence-electron chi connectivity index (χ0n) is 13.3. The number of nitrogens with one attached hydrogen (secondary N) is 1. The van der Waals surface area contributed by atoms with Crippen LogP contribution in [0.1, 0.15) is 36.0 Å². The van der Waals surface area contributed by atoms with Crippen molar-refractivity contribution in [1.29, 1.82) is 0 Å². The first-order valence-corrected chi connectivity index (χ1v) is 8.31. The average molecular weight is 342 g/mol. The molecule has 0 aliphatic carbocycles. The van der Waals surface area contributed by atoms with E-state index in [0.717, 1.165) is 19.4 Å². The standard InChI is InChI=1S/C17H21F3N2O2/c18-17(19,20)24-14-5-3-13(4-6-14)16(23)22-10-7-12(8-11-22)15-2-1-9-21-15/h3-6,12,15,21H,1-2,7-11H2. The van der Waals surface area contributed by atoms with Crippen molar-refractivity contribution in [3.63, 3.8) is 0 Å². The van der Waals surface area contributed by atoms with E-state index in [1.54, 1.807) is 4.90 Å². The molecule has 2 aliphatic heterocycles. The van der Waals surface area contributed by atoms with Crippen molar-refractivity contribution in [3.8, 4) is 5.75 Å². The molecular formula is C17H21F3N2O2. The van der Waals surface area contributed by atoms with Crippen LogP contribution in [0.4, 0.5) is 13.2 Å². The van der Waals surface area contributed by atoms with Gasteiger partial charge in [-0.2, -0.15) is 0 Å². The van der Waals surface area contributed by atoms with Crippen LogP contribution in [0.3, 0.4) is 0 Å². The zero-order valence-corrected chi connectivity index (χ0v) is 13.3. The largest absolute Gasteiger partial charge is 0.573 e. The van der Waals surface area contributed by atoms with E-state index in [-0.39, 0.29) is 11.7 Å². The van der Waals surface area contributed by atoms with Crippen molar-refractivity contribution >= 4 is 5.91 Å². The first-order chi connectivity index (χ1) is 11.4. The van der Waals surface area contributed by atoms with Gasteiger partial charge in [-0.05, 0) is 62.4 Å². The van der Waals surface area contributed by atoms with Crippen molar-refractivity contribution in [1.82, 2.24) is 10.2 Å². The van der Waals surface area contributed by atoms with Crippen LogP contribution in [0, 0.1) is 5.92 Å². The van der Waals surface area contributed by atoms with E-state index in [4.69, 9.17) is 0 Å². The van der Waals surface area contributed by atoms with Crippen LogP contribution in [0.5, 0.6) is 5.75 Å². The average Bonchev–Trinajstić information content (AvgIpc) is 3.08. The predicted molar refractivity (Wildman–Crippen MR) is 82.8 cm³/mol. The van der Waals surface area contributed by atoms with Crippen LogP contribution >= 0.6 is 0 Å². The van der Waals surface area contributed by atoms with Crippen molar-refractivity contribution in [3.05, 3.63) is 29.8 Å². The zero-order chi connectivity index (χ0) is 17.2. The molecular weight excluding hydrogens is 321 g/mol. The molecule has 3 rings (SSSR count). The lowest BCUT2D eigenvalue weighted by Crippen LogP contribution is -2.43. The monoisotopic (exact) mass is 342 g/mol. The fourth-order valence-electron chi connectivity index (χ4n) is 3.60. The molecule has 7 heteroatoms. The topological polar surface area (TPSA) is 41.6 Å². The molecule has 4 nitrogen and oxygen atoms in total. The Balaban J connectivity index is 1.55. The Morgan fingerprint density at radius 1 is 1.12 bits per heavy atom. The third-order valence-corrected chi connectivity index (χ3v) is 4.83. The number of ether oxygens (including phenoxy) is 1. The molecule has 0 saturated carbocycles. The molecule has 0 bridgehead atoms. The Morgan fingerprint density at radius 3 is 2.33 bits per heavy atom. The van der Waals surface area contributed by atoms with Crippen LogP contribution in [0.15, 0.2) is 24.3 Å². The van der Waals surface area contributed by atoms with Gasteiger partial charge in [0.15, 0.2) is 0 Å². The molecule has 1 aromatic carbocycles. The molecule has 1 amide bonds. The lowest BCUT2D eigenvalue weighted by atomic mass is 9.88. The SMILES string of the molecule is O=C(c1ccc(OC(F)(F)F)cc1)N1CCC(C2CCCN2)CC1. The second-order valence-corrected chi connectivity index (χ2v) is 6.40. The Morgan fingerprint density at radius 2 is 1.79 bits per heavy atom. The van der Waals surface area contributed by atoms with Gasteiger partial charge in [-0.25, -0.2) is 0 Å². The van der Waals surface area contributed by atoms with E-state index in [1.165, 1.54) is 37.1 Å². The molecule has 2 aliphatic rings. The maximum atomic E-state index is 12.5. The van der Waals surface area contributed by atoms with Gasteiger partial charge in [0.2, 0.25) is 0 Å². The highest BCUT2D eigenvalue weighted by molar-refractivity contribution is 5.94. The fraction of sp³-hybridized carbons (Fsp3) is 0.588. The van der Waals surface area contributed by atoms with Gasteiger partial charge >= 0.3 is 6.36 Å². The number of nitrogens with zero attached hydrogens (tertiary/aromatic N) is 1. The normalized spacial score (nSPS) is 22.6. The maximum Gasteiger partial charge on any atom is 0.573 e. The molecule has 1 unspecified atom stereocenters. The summed E-state index contributed by atoms with van der Waals surface area (Å²) in [5, 5.41) is 3.52. The number of hydrogen-bond donors (Lipinski definition) is 1. The Kier molecular flexibility index (Phi) is 4.99. The lowest BCUT2D eigenvalue weighted by Gasteiger charge is -2.35. The van der Waals surface area contributed by atoms with Gasteiger partial charge < -0.3 is 15.0 Å². The predicted octanol–water partition coefficient (Wildman–Crippen LogP) is 3.19. The summed E-state index contributed by atoms with van der Waals surface area (Å²) in [5.74, 6) is 0.163. The number of hydrogen-bond acceptors (Lipinski definition) is 3. The number of benzene rings is 1. The summed E-state index contributed by atoms with van der Waals surface area (Å²) in [7, 11) is 0. The van der Waals surface area contributed by atoms with Crippen LogP contribution < -0.4 is 10.1 Å². The molecule has 0 aromatic heterocycles. The van der Waals surface area contributed by atoms with E-state index in [1.807, 2.05) is 0 Å². The van der Waals surface area contributed by atoms with Gasteiger partial charge in [0, 0.05) is 24.7 Å². The Hall–Kier alpha value is -1.76. The first kappa shape index (κ1) is 17.1. The van der Waals surface area contributed by atoms with E-state index in [2.05, 4.69) is 10.1 Å². The van der Waals surface area contributed by atoms with Crippen LogP contribution in [-0.2, 0) is 0 Å². The van der Waals surface area contributed by atoms with E-state index >= 15 is 0 Å². The number of rotatable bonds is 3. The summed E-state index contributed by atoms with van der Waals surface area (Å²) < 4.78 is 40.3. The fourth-order valence-corrected chi connectivity index (χ4v) is 3.60. The molecule has 1 aromatic rings. The molecule has 1 N–H and O–H groups in total. The molecule has 132 valence electrons. The summed E-state index contributed by atoms with van der Waals surface area (Å²) >= 11 is 0. The van der Waals surface area contributed by atoms with E-state index < -0.39 is 6.36 Å².